The van der Waals surface area contributed by atoms with Crippen LogP contribution in [0.15, 0.2) is 29.3 Å². The highest BCUT2D eigenvalue weighted by Crippen LogP contribution is 2.22. The highest BCUT2D eigenvalue weighted by Gasteiger charge is 2.12. The number of halogens is 2. The normalized spacial score (nSPS) is 14.9. The molecule has 0 spiro atoms. The van der Waals surface area contributed by atoms with Gasteiger partial charge in [0.1, 0.15) is 0 Å². The van der Waals surface area contributed by atoms with Crippen molar-refractivity contribution in [3.63, 3.8) is 0 Å². The van der Waals surface area contributed by atoms with Gasteiger partial charge < -0.3 is 19.4 Å². The molecule has 11 heteroatoms. The number of fused-ring (bicyclic) bond motifs is 1. The number of anilines is 1. The molecule has 9 nitrogen and oxygen atoms in total. The number of ether oxygens (including phenoxy) is 2. The van der Waals surface area contributed by atoms with E-state index in [-0.39, 0.29) is 5.56 Å². The molecule has 1 aliphatic heterocycles. The molecule has 4 rings (SSSR count). The van der Waals surface area contributed by atoms with Crippen molar-refractivity contribution in [1.82, 2.24) is 24.4 Å². The van der Waals surface area contributed by atoms with E-state index in [4.69, 9.17) is 32.7 Å². The minimum Gasteiger partial charge on any atom is -0.379 e. The zero-order chi connectivity index (χ0) is 21.6. The largest absolute Gasteiger partial charge is 0.379 e. The lowest BCUT2D eigenvalue weighted by Crippen LogP contribution is -2.38. The Bertz CT molecular complexity index is 1080. The zero-order valence-corrected chi connectivity index (χ0v) is 18.5. The van der Waals surface area contributed by atoms with Gasteiger partial charge in [-0.25, -0.2) is 4.98 Å². The van der Waals surface area contributed by atoms with Gasteiger partial charge in [-0.05, 0) is 17.7 Å². The molecule has 1 aromatic carbocycles. The molecule has 166 valence electrons. The SMILES string of the molecule is O=c1[nH]c(NCc2ccc(Cl)c(Cl)c2)nc2ncn(CCOCCN3CCOCC3)c12. The molecule has 1 saturated heterocycles. The third kappa shape index (κ3) is 5.75. The molecular weight excluding hydrogens is 443 g/mol. The molecule has 1 fully saturated rings. The number of hydrogen-bond donors (Lipinski definition) is 2. The number of aromatic amines is 1. The lowest BCUT2D eigenvalue weighted by Gasteiger charge is -2.26. The predicted molar refractivity (Wildman–Crippen MR) is 120 cm³/mol. The number of H-pyrrole nitrogens is 1. The van der Waals surface area contributed by atoms with Crippen LogP contribution in [0.25, 0.3) is 11.2 Å². The van der Waals surface area contributed by atoms with Gasteiger partial charge in [-0.15, -0.1) is 0 Å². The first-order valence-electron chi connectivity index (χ1n) is 10.1. The number of rotatable bonds is 9. The van der Waals surface area contributed by atoms with Gasteiger partial charge >= 0.3 is 0 Å². The van der Waals surface area contributed by atoms with E-state index in [1.165, 1.54) is 0 Å². The fraction of sp³-hybridized carbons (Fsp3) is 0.450. The summed E-state index contributed by atoms with van der Waals surface area (Å²) in [5.41, 5.74) is 1.47. The zero-order valence-electron chi connectivity index (χ0n) is 16.9. The predicted octanol–water partition coefficient (Wildman–Crippen LogP) is 2.39. The number of nitrogens with one attached hydrogen (secondary N) is 2. The number of imidazole rings is 1. The van der Waals surface area contributed by atoms with E-state index in [1.54, 1.807) is 23.0 Å². The Hall–Kier alpha value is -2.17. The first kappa shape index (κ1) is 22.0. The van der Waals surface area contributed by atoms with E-state index in [0.29, 0.717) is 53.5 Å². The van der Waals surface area contributed by atoms with E-state index < -0.39 is 0 Å². The molecule has 0 aliphatic carbocycles. The van der Waals surface area contributed by atoms with Gasteiger partial charge in [0.15, 0.2) is 11.2 Å². The third-order valence-corrected chi connectivity index (χ3v) is 5.80. The topological polar surface area (TPSA) is 97.3 Å². The summed E-state index contributed by atoms with van der Waals surface area (Å²) in [6.07, 6.45) is 1.61. The van der Waals surface area contributed by atoms with Gasteiger partial charge in [0.2, 0.25) is 5.95 Å². The Labute approximate surface area is 189 Å². The fourth-order valence-corrected chi connectivity index (χ4v) is 3.68. The minimum absolute atomic E-state index is 0.257. The molecule has 31 heavy (non-hydrogen) atoms. The number of nitrogens with zero attached hydrogens (tertiary/aromatic N) is 4. The van der Waals surface area contributed by atoms with Crippen molar-refractivity contribution in [2.45, 2.75) is 13.1 Å². The van der Waals surface area contributed by atoms with Gasteiger partial charge in [-0.3, -0.25) is 14.7 Å². The molecule has 2 N–H and O–H groups in total. The molecule has 0 atom stereocenters. The van der Waals surface area contributed by atoms with E-state index in [2.05, 4.69) is 25.2 Å². The fourth-order valence-electron chi connectivity index (χ4n) is 3.36. The van der Waals surface area contributed by atoms with Crippen LogP contribution in [0.1, 0.15) is 5.56 Å². The number of hydrogen-bond acceptors (Lipinski definition) is 7. The smallest absolute Gasteiger partial charge is 0.278 e. The summed E-state index contributed by atoms with van der Waals surface area (Å²) in [6.45, 7) is 6.42. The van der Waals surface area contributed by atoms with Crippen molar-refractivity contribution in [3.8, 4) is 0 Å². The van der Waals surface area contributed by atoms with Crippen molar-refractivity contribution < 1.29 is 9.47 Å². The number of aromatic nitrogens is 4. The monoisotopic (exact) mass is 466 g/mol. The van der Waals surface area contributed by atoms with Crippen LogP contribution in [-0.2, 0) is 22.6 Å². The number of benzene rings is 1. The molecule has 0 radical (unpaired) electrons. The second kappa shape index (κ2) is 10.4. The van der Waals surface area contributed by atoms with Crippen molar-refractivity contribution >= 4 is 40.3 Å². The van der Waals surface area contributed by atoms with Crippen LogP contribution in [0, 0.1) is 0 Å². The molecule has 3 aromatic rings. The Morgan fingerprint density at radius 1 is 1.16 bits per heavy atom. The Morgan fingerprint density at radius 2 is 1.97 bits per heavy atom. The van der Waals surface area contributed by atoms with Crippen molar-refractivity contribution in [2.24, 2.45) is 0 Å². The summed E-state index contributed by atoms with van der Waals surface area (Å²) in [4.78, 5) is 26.3. The summed E-state index contributed by atoms with van der Waals surface area (Å²) < 4.78 is 12.8. The maximum absolute atomic E-state index is 12.6. The average molecular weight is 467 g/mol. The van der Waals surface area contributed by atoms with Crippen molar-refractivity contribution in [1.29, 1.82) is 0 Å². The summed E-state index contributed by atoms with van der Waals surface area (Å²) in [5, 5.41) is 4.06. The highest BCUT2D eigenvalue weighted by molar-refractivity contribution is 6.42. The lowest BCUT2D eigenvalue weighted by molar-refractivity contribution is 0.0197. The molecular formula is C20H24Cl2N6O3. The maximum atomic E-state index is 12.6. The standard InChI is InChI=1S/C20H24Cl2N6O3/c21-15-2-1-14(11-16(15)22)12-23-20-25-18-17(19(29)26-20)28(13-24-18)6-10-31-9-5-27-3-7-30-8-4-27/h1-2,11,13H,3-10,12H2,(H2,23,25,26,29). The first-order chi connectivity index (χ1) is 15.1. The van der Waals surface area contributed by atoms with Crippen molar-refractivity contribution in [3.05, 3.63) is 50.5 Å². The second-order valence-corrected chi connectivity index (χ2v) is 8.01. The van der Waals surface area contributed by atoms with Crippen LogP contribution in [0.4, 0.5) is 5.95 Å². The van der Waals surface area contributed by atoms with Crippen LogP contribution in [0.3, 0.4) is 0 Å². The minimum atomic E-state index is -0.257. The lowest BCUT2D eigenvalue weighted by atomic mass is 10.2. The van der Waals surface area contributed by atoms with Crippen LogP contribution in [-0.4, -0.2) is 70.5 Å². The molecule has 2 aromatic heterocycles. The summed E-state index contributed by atoms with van der Waals surface area (Å²) in [7, 11) is 0. The van der Waals surface area contributed by atoms with Crippen LogP contribution in [0.5, 0.6) is 0 Å². The van der Waals surface area contributed by atoms with Crippen LogP contribution in [0.2, 0.25) is 10.0 Å². The highest BCUT2D eigenvalue weighted by atomic mass is 35.5. The van der Waals surface area contributed by atoms with E-state index in [0.717, 1.165) is 38.4 Å². The molecule has 3 heterocycles. The molecule has 0 saturated carbocycles. The Balaban J connectivity index is 1.31. The second-order valence-electron chi connectivity index (χ2n) is 7.19. The molecule has 0 bridgehead atoms. The van der Waals surface area contributed by atoms with Gasteiger partial charge in [-0.2, -0.15) is 4.98 Å². The van der Waals surface area contributed by atoms with Gasteiger partial charge in [-0.1, -0.05) is 29.3 Å². The molecule has 0 unspecified atom stereocenters. The molecule has 0 amide bonds. The Kier molecular flexibility index (Phi) is 7.41. The van der Waals surface area contributed by atoms with Crippen LogP contribution >= 0.6 is 23.2 Å². The van der Waals surface area contributed by atoms with Gasteiger partial charge in [0.05, 0.1) is 42.8 Å². The van der Waals surface area contributed by atoms with Gasteiger partial charge in [0, 0.05) is 32.7 Å². The summed E-state index contributed by atoms with van der Waals surface area (Å²) in [6, 6.07) is 5.35. The third-order valence-electron chi connectivity index (χ3n) is 5.06. The summed E-state index contributed by atoms with van der Waals surface area (Å²) >= 11 is 12.0. The Morgan fingerprint density at radius 3 is 2.77 bits per heavy atom. The first-order valence-corrected chi connectivity index (χ1v) is 10.9. The van der Waals surface area contributed by atoms with Crippen molar-refractivity contribution in [2.75, 3.05) is 51.4 Å². The quantitative estimate of drug-likeness (QED) is 0.467. The summed E-state index contributed by atoms with van der Waals surface area (Å²) in [5.74, 6) is 0.343. The van der Waals surface area contributed by atoms with E-state index in [9.17, 15) is 4.79 Å². The molecule has 1 aliphatic rings. The van der Waals surface area contributed by atoms with E-state index >= 15 is 0 Å². The maximum Gasteiger partial charge on any atom is 0.278 e. The van der Waals surface area contributed by atoms with E-state index in [1.807, 2.05) is 6.07 Å². The number of morpholine rings is 1. The van der Waals surface area contributed by atoms with Crippen LogP contribution < -0.4 is 10.9 Å². The average Bonchev–Trinajstić information content (AvgIpc) is 3.18. The van der Waals surface area contributed by atoms with Gasteiger partial charge in [0.25, 0.3) is 5.56 Å².